The standard InChI is InChI=1S/C10H12O2S/c11-9-3-1-2-4-10(9)12-5-8-6-13-7-8/h1-4,8,11H,5-7H2. The van der Waals surface area contributed by atoms with Gasteiger partial charge in [0.05, 0.1) is 6.61 Å². The molecule has 2 nitrogen and oxygen atoms in total. The number of phenolic OH excluding ortho intramolecular Hbond substituents is 1. The lowest BCUT2D eigenvalue weighted by Gasteiger charge is -2.24. The fourth-order valence-corrected chi connectivity index (χ4v) is 1.93. The van der Waals surface area contributed by atoms with Crippen molar-refractivity contribution in [1.29, 1.82) is 0 Å². The van der Waals surface area contributed by atoms with Crippen LogP contribution < -0.4 is 4.74 Å². The van der Waals surface area contributed by atoms with Crippen molar-refractivity contribution in [3.63, 3.8) is 0 Å². The Morgan fingerprint density at radius 2 is 2.15 bits per heavy atom. The fraction of sp³-hybridized carbons (Fsp3) is 0.400. The van der Waals surface area contributed by atoms with Crippen molar-refractivity contribution in [1.82, 2.24) is 0 Å². The number of thioether (sulfide) groups is 1. The van der Waals surface area contributed by atoms with E-state index in [4.69, 9.17) is 4.74 Å². The lowest BCUT2D eigenvalue weighted by molar-refractivity contribution is 0.258. The summed E-state index contributed by atoms with van der Waals surface area (Å²) in [7, 11) is 0. The van der Waals surface area contributed by atoms with E-state index in [2.05, 4.69) is 0 Å². The third-order valence-corrected chi connectivity index (χ3v) is 3.46. The molecule has 1 N–H and O–H groups in total. The molecular weight excluding hydrogens is 184 g/mol. The predicted octanol–water partition coefficient (Wildman–Crippen LogP) is 2.13. The van der Waals surface area contributed by atoms with Crippen LogP contribution in [-0.4, -0.2) is 23.2 Å². The highest BCUT2D eigenvalue weighted by atomic mass is 32.2. The van der Waals surface area contributed by atoms with Crippen LogP contribution in [0, 0.1) is 5.92 Å². The highest BCUT2D eigenvalue weighted by Crippen LogP contribution is 2.28. The van der Waals surface area contributed by atoms with Crippen molar-refractivity contribution in [3.05, 3.63) is 24.3 Å². The zero-order valence-corrected chi connectivity index (χ0v) is 8.09. The number of rotatable bonds is 3. The summed E-state index contributed by atoms with van der Waals surface area (Å²) in [5.41, 5.74) is 0. The minimum Gasteiger partial charge on any atom is -0.504 e. The Hall–Kier alpha value is -0.830. The molecule has 1 saturated heterocycles. The van der Waals surface area contributed by atoms with Gasteiger partial charge >= 0.3 is 0 Å². The first-order valence-corrected chi connectivity index (χ1v) is 5.50. The highest BCUT2D eigenvalue weighted by Gasteiger charge is 2.18. The number of para-hydroxylation sites is 2. The Bertz CT molecular complexity index is 284. The Morgan fingerprint density at radius 3 is 2.77 bits per heavy atom. The Kier molecular flexibility index (Phi) is 2.64. The molecule has 0 amide bonds. The van der Waals surface area contributed by atoms with E-state index in [1.165, 1.54) is 11.5 Å². The minimum absolute atomic E-state index is 0.231. The van der Waals surface area contributed by atoms with E-state index in [1.807, 2.05) is 17.8 Å². The quantitative estimate of drug-likeness (QED) is 0.803. The van der Waals surface area contributed by atoms with E-state index < -0.39 is 0 Å². The molecule has 1 aromatic rings. The number of benzene rings is 1. The zero-order chi connectivity index (χ0) is 9.10. The molecule has 13 heavy (non-hydrogen) atoms. The van der Waals surface area contributed by atoms with Gasteiger partial charge in [0.25, 0.3) is 0 Å². The summed E-state index contributed by atoms with van der Waals surface area (Å²) in [6.45, 7) is 0.727. The van der Waals surface area contributed by atoms with Gasteiger partial charge in [-0.15, -0.1) is 0 Å². The van der Waals surface area contributed by atoms with Crippen LogP contribution in [0.1, 0.15) is 0 Å². The topological polar surface area (TPSA) is 29.5 Å². The van der Waals surface area contributed by atoms with Crippen LogP contribution in [0.4, 0.5) is 0 Å². The molecule has 70 valence electrons. The third-order valence-electron chi connectivity index (χ3n) is 2.05. The average molecular weight is 196 g/mol. The van der Waals surface area contributed by atoms with E-state index in [-0.39, 0.29) is 5.75 Å². The SMILES string of the molecule is Oc1ccccc1OCC1CSC1. The maximum absolute atomic E-state index is 9.38. The van der Waals surface area contributed by atoms with E-state index in [0.717, 1.165) is 6.61 Å². The Balaban J connectivity index is 1.89. The Morgan fingerprint density at radius 1 is 1.38 bits per heavy atom. The molecule has 0 saturated carbocycles. The van der Waals surface area contributed by atoms with Gasteiger partial charge < -0.3 is 9.84 Å². The van der Waals surface area contributed by atoms with Gasteiger partial charge in [-0.25, -0.2) is 0 Å². The lowest BCUT2D eigenvalue weighted by Crippen LogP contribution is -2.25. The molecule has 1 aliphatic heterocycles. The second kappa shape index (κ2) is 3.92. The van der Waals surface area contributed by atoms with Crippen LogP contribution in [-0.2, 0) is 0 Å². The summed E-state index contributed by atoms with van der Waals surface area (Å²) >= 11 is 1.94. The van der Waals surface area contributed by atoms with Gasteiger partial charge in [-0.05, 0) is 12.1 Å². The zero-order valence-electron chi connectivity index (χ0n) is 7.27. The molecule has 1 aliphatic rings. The van der Waals surface area contributed by atoms with Gasteiger partial charge in [-0.3, -0.25) is 0 Å². The van der Waals surface area contributed by atoms with Crippen LogP contribution in [0.2, 0.25) is 0 Å². The molecule has 1 heterocycles. The summed E-state index contributed by atoms with van der Waals surface area (Å²) in [4.78, 5) is 0. The number of phenols is 1. The lowest BCUT2D eigenvalue weighted by atomic mass is 10.2. The molecule has 0 radical (unpaired) electrons. The number of hydrogen-bond acceptors (Lipinski definition) is 3. The van der Waals surface area contributed by atoms with Crippen LogP contribution in [0.25, 0.3) is 0 Å². The van der Waals surface area contributed by atoms with Crippen molar-refractivity contribution in [2.24, 2.45) is 5.92 Å². The molecule has 0 aliphatic carbocycles. The number of aromatic hydroxyl groups is 1. The second-order valence-electron chi connectivity index (χ2n) is 3.18. The molecule has 0 spiro atoms. The van der Waals surface area contributed by atoms with E-state index >= 15 is 0 Å². The molecule has 2 rings (SSSR count). The van der Waals surface area contributed by atoms with Crippen LogP contribution in [0.15, 0.2) is 24.3 Å². The molecule has 1 aromatic carbocycles. The van der Waals surface area contributed by atoms with Gasteiger partial charge in [-0.2, -0.15) is 11.8 Å². The normalized spacial score (nSPS) is 16.6. The molecule has 0 atom stereocenters. The Labute approximate surface area is 81.9 Å². The van der Waals surface area contributed by atoms with Gasteiger partial charge in [0, 0.05) is 17.4 Å². The summed E-state index contributed by atoms with van der Waals surface area (Å²) in [6, 6.07) is 7.10. The first kappa shape index (κ1) is 8.75. The van der Waals surface area contributed by atoms with Crippen molar-refractivity contribution >= 4 is 11.8 Å². The van der Waals surface area contributed by atoms with Gasteiger partial charge in [0.2, 0.25) is 0 Å². The smallest absolute Gasteiger partial charge is 0.160 e. The van der Waals surface area contributed by atoms with Crippen molar-refractivity contribution in [2.75, 3.05) is 18.1 Å². The van der Waals surface area contributed by atoms with Gasteiger partial charge in [0.1, 0.15) is 0 Å². The van der Waals surface area contributed by atoms with E-state index in [0.29, 0.717) is 11.7 Å². The monoisotopic (exact) mass is 196 g/mol. The third kappa shape index (κ3) is 2.10. The second-order valence-corrected chi connectivity index (χ2v) is 4.26. The van der Waals surface area contributed by atoms with E-state index in [9.17, 15) is 5.11 Å². The highest BCUT2D eigenvalue weighted by molar-refractivity contribution is 8.00. The largest absolute Gasteiger partial charge is 0.504 e. The van der Waals surface area contributed by atoms with Crippen molar-refractivity contribution in [2.45, 2.75) is 0 Å². The minimum atomic E-state index is 0.231. The van der Waals surface area contributed by atoms with Crippen LogP contribution >= 0.6 is 11.8 Å². The molecule has 1 fully saturated rings. The summed E-state index contributed by atoms with van der Waals surface area (Å²) < 4.78 is 5.48. The average Bonchev–Trinajstić information content (AvgIpc) is 2.05. The molecular formula is C10H12O2S. The number of ether oxygens (including phenoxy) is 1. The molecule has 3 heteroatoms. The summed E-state index contributed by atoms with van der Waals surface area (Å²) in [5.74, 6) is 3.87. The van der Waals surface area contributed by atoms with Crippen LogP contribution in [0.5, 0.6) is 11.5 Å². The van der Waals surface area contributed by atoms with Crippen LogP contribution in [0.3, 0.4) is 0 Å². The molecule has 0 bridgehead atoms. The first-order valence-electron chi connectivity index (χ1n) is 4.35. The predicted molar refractivity (Wildman–Crippen MR) is 54.4 cm³/mol. The summed E-state index contributed by atoms with van der Waals surface area (Å²) in [5, 5.41) is 9.38. The maximum atomic E-state index is 9.38. The molecule has 0 aromatic heterocycles. The van der Waals surface area contributed by atoms with Gasteiger partial charge in [0.15, 0.2) is 11.5 Å². The van der Waals surface area contributed by atoms with Crippen molar-refractivity contribution < 1.29 is 9.84 Å². The first-order chi connectivity index (χ1) is 6.36. The summed E-state index contributed by atoms with van der Waals surface area (Å²) in [6.07, 6.45) is 0. The van der Waals surface area contributed by atoms with Gasteiger partial charge in [-0.1, -0.05) is 12.1 Å². The fourth-order valence-electron chi connectivity index (χ4n) is 1.17. The van der Waals surface area contributed by atoms with E-state index in [1.54, 1.807) is 18.2 Å². The molecule has 0 unspecified atom stereocenters. The number of hydrogen-bond donors (Lipinski definition) is 1. The van der Waals surface area contributed by atoms with Crippen molar-refractivity contribution in [3.8, 4) is 11.5 Å². The maximum Gasteiger partial charge on any atom is 0.160 e.